The van der Waals surface area contributed by atoms with Crippen molar-refractivity contribution in [3.05, 3.63) is 69.1 Å². The first-order valence-corrected chi connectivity index (χ1v) is 13.3. The fourth-order valence-electron chi connectivity index (χ4n) is 4.69. The van der Waals surface area contributed by atoms with Gasteiger partial charge in [0.25, 0.3) is 5.91 Å². The van der Waals surface area contributed by atoms with Gasteiger partial charge in [0.05, 0.1) is 23.5 Å². The summed E-state index contributed by atoms with van der Waals surface area (Å²) in [4.78, 5) is 23.7. The zero-order chi connectivity index (χ0) is 22.8. The summed E-state index contributed by atoms with van der Waals surface area (Å²) in [5.74, 6) is -0.0175. The van der Waals surface area contributed by atoms with E-state index < -0.39 is 0 Å². The Balaban J connectivity index is 1.49. The highest BCUT2D eigenvalue weighted by Gasteiger charge is 2.26. The van der Waals surface area contributed by atoms with Crippen molar-refractivity contribution in [2.45, 2.75) is 58.5 Å². The molecule has 4 aromatic rings. The van der Waals surface area contributed by atoms with E-state index in [0.29, 0.717) is 12.6 Å². The van der Waals surface area contributed by atoms with E-state index >= 15 is 0 Å². The monoisotopic (exact) mass is 476 g/mol. The van der Waals surface area contributed by atoms with Crippen LogP contribution < -0.4 is 5.32 Å². The number of hydrogen-bond donors (Lipinski definition) is 1. The van der Waals surface area contributed by atoms with Crippen molar-refractivity contribution in [3.63, 3.8) is 0 Å². The molecular formula is C26H28N4OS2. The van der Waals surface area contributed by atoms with Gasteiger partial charge < -0.3 is 9.88 Å². The Kier molecular flexibility index (Phi) is 6.42. The van der Waals surface area contributed by atoms with E-state index in [1.54, 1.807) is 22.7 Å². The topological polar surface area (TPSA) is 59.8 Å². The molecule has 0 unspecified atom stereocenters. The van der Waals surface area contributed by atoms with E-state index in [1.807, 2.05) is 35.8 Å². The van der Waals surface area contributed by atoms with Crippen molar-refractivity contribution >= 4 is 28.6 Å². The molecule has 1 aliphatic rings. The highest BCUT2D eigenvalue weighted by Crippen LogP contribution is 2.38. The maximum Gasteiger partial charge on any atom is 0.253 e. The van der Waals surface area contributed by atoms with Crippen LogP contribution in [-0.4, -0.2) is 20.4 Å². The predicted molar refractivity (Wildman–Crippen MR) is 136 cm³/mol. The smallest absolute Gasteiger partial charge is 0.253 e. The van der Waals surface area contributed by atoms with Gasteiger partial charge >= 0.3 is 0 Å². The number of nitrogens with zero attached hydrogens (tertiary/aromatic N) is 3. The zero-order valence-electron chi connectivity index (χ0n) is 19.0. The Morgan fingerprint density at radius 2 is 2.06 bits per heavy atom. The molecule has 0 aromatic carbocycles. The van der Waals surface area contributed by atoms with Crippen molar-refractivity contribution in [2.24, 2.45) is 0 Å². The molecule has 0 saturated heterocycles. The summed E-state index contributed by atoms with van der Waals surface area (Å²) < 4.78 is 2.37. The van der Waals surface area contributed by atoms with E-state index in [-0.39, 0.29) is 5.91 Å². The van der Waals surface area contributed by atoms with Crippen LogP contribution >= 0.6 is 22.7 Å². The lowest BCUT2D eigenvalue weighted by atomic mass is 10.2. The summed E-state index contributed by atoms with van der Waals surface area (Å²) in [6, 6.07) is 10.7. The van der Waals surface area contributed by atoms with E-state index in [9.17, 15) is 4.79 Å². The first kappa shape index (κ1) is 22.0. The molecule has 4 aromatic heterocycles. The molecule has 0 aliphatic heterocycles. The Labute approximate surface area is 202 Å². The molecule has 5 rings (SSSR count). The second kappa shape index (κ2) is 9.61. The first-order chi connectivity index (χ1) is 16.1. The van der Waals surface area contributed by atoms with Crippen molar-refractivity contribution in [2.75, 3.05) is 0 Å². The second-order valence-corrected chi connectivity index (χ2v) is 10.4. The molecule has 33 heavy (non-hydrogen) atoms. The molecule has 1 aliphatic carbocycles. The predicted octanol–water partition coefficient (Wildman–Crippen LogP) is 6.65. The fraction of sp³-hybridized carbons (Fsp3) is 0.346. The molecule has 0 bridgehead atoms. The Morgan fingerprint density at radius 3 is 2.82 bits per heavy atom. The van der Waals surface area contributed by atoms with Crippen molar-refractivity contribution in [1.82, 2.24) is 19.9 Å². The Morgan fingerprint density at radius 1 is 1.21 bits per heavy atom. The molecule has 1 amide bonds. The van der Waals surface area contributed by atoms with Crippen LogP contribution in [0, 0.1) is 6.92 Å². The van der Waals surface area contributed by atoms with Crippen molar-refractivity contribution < 1.29 is 4.79 Å². The number of amides is 1. The van der Waals surface area contributed by atoms with Crippen LogP contribution in [0.25, 0.3) is 22.0 Å². The van der Waals surface area contributed by atoms with Gasteiger partial charge in [0.15, 0.2) is 0 Å². The lowest BCUT2D eigenvalue weighted by Gasteiger charge is -2.18. The van der Waals surface area contributed by atoms with Crippen LogP contribution in [0.1, 0.15) is 65.3 Å². The number of nitrogens with one attached hydrogen (secondary N) is 1. The van der Waals surface area contributed by atoms with Gasteiger partial charge in [-0.1, -0.05) is 25.8 Å². The lowest BCUT2D eigenvalue weighted by Crippen LogP contribution is -2.23. The average molecular weight is 477 g/mol. The van der Waals surface area contributed by atoms with Gasteiger partial charge in [-0.2, -0.15) is 0 Å². The quantitative estimate of drug-likeness (QED) is 0.325. The van der Waals surface area contributed by atoms with E-state index in [1.165, 1.54) is 12.8 Å². The number of rotatable bonds is 7. The number of aromatic nitrogens is 3. The summed E-state index contributed by atoms with van der Waals surface area (Å²) in [6.45, 7) is 4.75. The highest BCUT2D eigenvalue weighted by atomic mass is 32.1. The third-order valence-electron chi connectivity index (χ3n) is 6.42. The van der Waals surface area contributed by atoms with Crippen LogP contribution in [0.5, 0.6) is 0 Å². The van der Waals surface area contributed by atoms with Gasteiger partial charge in [0.1, 0.15) is 5.01 Å². The van der Waals surface area contributed by atoms with Gasteiger partial charge in [-0.05, 0) is 55.8 Å². The number of carbonyl (C=O) groups excluding carboxylic acids is 1. The first-order valence-electron chi connectivity index (χ1n) is 11.6. The molecule has 1 fully saturated rings. The van der Waals surface area contributed by atoms with Crippen LogP contribution in [0.2, 0.25) is 0 Å². The van der Waals surface area contributed by atoms with E-state index in [4.69, 9.17) is 4.98 Å². The molecule has 4 heterocycles. The summed E-state index contributed by atoms with van der Waals surface area (Å²) in [5, 5.41) is 8.25. The average Bonchev–Trinajstić information content (AvgIpc) is 3.64. The van der Waals surface area contributed by atoms with Crippen LogP contribution in [0.3, 0.4) is 0 Å². The Hall–Kier alpha value is -2.77. The molecule has 5 nitrogen and oxygen atoms in total. The fourth-order valence-corrected chi connectivity index (χ4v) is 6.14. The minimum absolute atomic E-state index is 0.0175. The molecule has 1 saturated carbocycles. The Bertz CT molecular complexity index is 1250. The number of aryl methyl sites for hydroxylation is 1. The molecule has 7 heteroatoms. The molecule has 1 N–H and O–H groups in total. The molecular weight excluding hydrogens is 448 g/mol. The normalized spacial score (nSPS) is 14.1. The van der Waals surface area contributed by atoms with Crippen LogP contribution in [0.4, 0.5) is 0 Å². The maximum atomic E-state index is 13.1. The minimum Gasteiger partial charge on any atom is -0.347 e. The number of pyridine rings is 1. The third-order valence-corrected chi connectivity index (χ3v) is 8.19. The SMILES string of the molecule is CCc1cc(-c2nc(-c3cc(C(=O)NCc4cccs4)c(C)n3C3CCCC3)cs2)ccn1. The third kappa shape index (κ3) is 4.52. The van der Waals surface area contributed by atoms with Crippen molar-refractivity contribution in [3.8, 4) is 22.0 Å². The van der Waals surface area contributed by atoms with Gasteiger partial charge in [-0.3, -0.25) is 9.78 Å². The number of hydrogen-bond acceptors (Lipinski definition) is 5. The second-order valence-electron chi connectivity index (χ2n) is 8.53. The van der Waals surface area contributed by atoms with Gasteiger partial charge in [-0.25, -0.2) is 4.98 Å². The molecule has 0 radical (unpaired) electrons. The zero-order valence-corrected chi connectivity index (χ0v) is 20.6. The molecule has 170 valence electrons. The largest absolute Gasteiger partial charge is 0.347 e. The van der Waals surface area contributed by atoms with Gasteiger partial charge in [-0.15, -0.1) is 22.7 Å². The highest BCUT2D eigenvalue weighted by molar-refractivity contribution is 7.13. The van der Waals surface area contributed by atoms with E-state index in [0.717, 1.165) is 63.0 Å². The standard InChI is InChI=1S/C26H28N4OS2/c1-3-19-13-18(10-11-27-19)26-29-23(16-33-26)24-14-22(17(2)30(24)20-7-4-5-8-20)25(31)28-15-21-9-6-12-32-21/h6,9-14,16,20H,3-5,7-8,15H2,1-2H3,(H,28,31). The summed E-state index contributed by atoms with van der Waals surface area (Å²) in [7, 11) is 0. The number of thiazole rings is 1. The van der Waals surface area contributed by atoms with Gasteiger partial charge in [0, 0.05) is 39.4 Å². The molecule has 0 atom stereocenters. The summed E-state index contributed by atoms with van der Waals surface area (Å²) in [6.07, 6.45) is 7.54. The maximum absolute atomic E-state index is 13.1. The number of thiophene rings is 1. The molecule has 0 spiro atoms. The lowest BCUT2D eigenvalue weighted by molar-refractivity contribution is 0.0950. The minimum atomic E-state index is -0.0175. The van der Waals surface area contributed by atoms with Crippen molar-refractivity contribution in [1.29, 1.82) is 0 Å². The van der Waals surface area contributed by atoms with Crippen LogP contribution in [-0.2, 0) is 13.0 Å². The van der Waals surface area contributed by atoms with Gasteiger partial charge in [0.2, 0.25) is 0 Å². The van der Waals surface area contributed by atoms with Crippen LogP contribution in [0.15, 0.2) is 47.3 Å². The van der Waals surface area contributed by atoms with E-state index in [2.05, 4.69) is 40.2 Å². The summed E-state index contributed by atoms with van der Waals surface area (Å²) in [5.41, 5.74) is 5.94. The summed E-state index contributed by atoms with van der Waals surface area (Å²) >= 11 is 3.31. The number of carbonyl (C=O) groups is 1.